The molecule has 1 N–H and O–H groups in total. The summed E-state index contributed by atoms with van der Waals surface area (Å²) < 4.78 is 0. The molecule has 0 unspecified atom stereocenters. The van der Waals surface area contributed by atoms with Gasteiger partial charge in [-0.25, -0.2) is 4.79 Å². The van der Waals surface area contributed by atoms with Crippen LogP contribution in [0.25, 0.3) is 0 Å². The van der Waals surface area contributed by atoms with Crippen LogP contribution in [0.15, 0.2) is 18.2 Å². The Kier molecular flexibility index (Phi) is 7.45. The van der Waals surface area contributed by atoms with Crippen molar-refractivity contribution in [3.63, 3.8) is 0 Å². The first kappa shape index (κ1) is 16.8. The van der Waals surface area contributed by atoms with E-state index in [0.717, 1.165) is 50.0 Å². The van der Waals surface area contributed by atoms with E-state index < -0.39 is 0 Å². The maximum absolute atomic E-state index is 12.4. The topological polar surface area (TPSA) is 32.3 Å². The van der Waals surface area contributed by atoms with Gasteiger partial charge in [-0.05, 0) is 37.5 Å². The van der Waals surface area contributed by atoms with Crippen molar-refractivity contribution in [1.82, 2.24) is 4.90 Å². The quantitative estimate of drug-likeness (QED) is 0.747. The Bertz CT molecular complexity index is 426. The molecule has 20 heavy (non-hydrogen) atoms. The Balaban J connectivity index is 2.71. The molecule has 0 saturated carbocycles. The van der Waals surface area contributed by atoms with Crippen molar-refractivity contribution >= 4 is 23.3 Å². The molecule has 0 bridgehead atoms. The van der Waals surface area contributed by atoms with Crippen LogP contribution in [-0.2, 0) is 0 Å². The van der Waals surface area contributed by atoms with Crippen LogP contribution in [0.5, 0.6) is 0 Å². The normalized spacial score (nSPS) is 10.4. The van der Waals surface area contributed by atoms with Crippen molar-refractivity contribution in [3.05, 3.63) is 28.8 Å². The highest BCUT2D eigenvalue weighted by Gasteiger charge is 2.14. The molecule has 0 fully saturated rings. The third-order valence-corrected chi connectivity index (χ3v) is 3.77. The minimum atomic E-state index is -0.0303. The number of anilines is 1. The van der Waals surface area contributed by atoms with Crippen molar-refractivity contribution in [2.24, 2.45) is 0 Å². The van der Waals surface area contributed by atoms with E-state index in [-0.39, 0.29) is 6.03 Å². The van der Waals surface area contributed by atoms with Gasteiger partial charge in [0.15, 0.2) is 0 Å². The maximum atomic E-state index is 12.4. The molecule has 0 radical (unpaired) electrons. The number of rotatable bonds is 7. The molecule has 1 rings (SSSR count). The molecule has 0 atom stereocenters. The molecule has 3 nitrogen and oxygen atoms in total. The van der Waals surface area contributed by atoms with E-state index in [2.05, 4.69) is 19.2 Å². The van der Waals surface area contributed by atoms with Crippen LogP contribution < -0.4 is 5.32 Å². The zero-order valence-corrected chi connectivity index (χ0v) is 13.5. The molecule has 0 aromatic heterocycles. The van der Waals surface area contributed by atoms with Crippen LogP contribution in [-0.4, -0.2) is 24.0 Å². The number of halogens is 1. The lowest BCUT2D eigenvalue weighted by atomic mass is 10.2. The molecular formula is C16H25ClN2O. The Morgan fingerprint density at radius 3 is 2.35 bits per heavy atom. The molecule has 4 heteroatoms. The van der Waals surface area contributed by atoms with E-state index in [0.29, 0.717) is 5.02 Å². The van der Waals surface area contributed by atoms with Crippen LogP contribution >= 0.6 is 11.6 Å². The van der Waals surface area contributed by atoms with Gasteiger partial charge in [0.1, 0.15) is 0 Å². The van der Waals surface area contributed by atoms with Crippen molar-refractivity contribution in [2.75, 3.05) is 18.4 Å². The van der Waals surface area contributed by atoms with Gasteiger partial charge in [-0.15, -0.1) is 0 Å². The molecule has 1 aromatic rings. The SMILES string of the molecule is CCCCN(CCCC)C(=O)Nc1cccc(Cl)c1C. The summed E-state index contributed by atoms with van der Waals surface area (Å²) in [5.74, 6) is 0. The summed E-state index contributed by atoms with van der Waals surface area (Å²) in [6.45, 7) is 7.80. The zero-order chi connectivity index (χ0) is 15.0. The van der Waals surface area contributed by atoms with Gasteiger partial charge in [-0.3, -0.25) is 0 Å². The van der Waals surface area contributed by atoms with E-state index in [1.165, 1.54) is 0 Å². The molecule has 0 spiro atoms. The first-order chi connectivity index (χ1) is 9.60. The lowest BCUT2D eigenvalue weighted by molar-refractivity contribution is 0.210. The molecule has 0 aliphatic rings. The van der Waals surface area contributed by atoms with Crippen LogP contribution in [0, 0.1) is 6.92 Å². The molecule has 0 aliphatic carbocycles. The van der Waals surface area contributed by atoms with Crippen molar-refractivity contribution in [3.8, 4) is 0 Å². The minimum absolute atomic E-state index is 0.0303. The first-order valence-electron chi connectivity index (χ1n) is 7.41. The second-order valence-electron chi connectivity index (χ2n) is 5.04. The fourth-order valence-electron chi connectivity index (χ4n) is 1.95. The number of unbranched alkanes of at least 4 members (excludes halogenated alkanes) is 2. The monoisotopic (exact) mass is 296 g/mol. The van der Waals surface area contributed by atoms with E-state index in [1.54, 1.807) is 0 Å². The minimum Gasteiger partial charge on any atom is -0.325 e. The van der Waals surface area contributed by atoms with Crippen molar-refractivity contribution in [1.29, 1.82) is 0 Å². The second kappa shape index (κ2) is 8.85. The Morgan fingerprint density at radius 1 is 1.20 bits per heavy atom. The number of nitrogens with one attached hydrogen (secondary N) is 1. The number of hydrogen-bond donors (Lipinski definition) is 1. The third-order valence-electron chi connectivity index (χ3n) is 3.36. The molecule has 112 valence electrons. The molecule has 0 saturated heterocycles. The molecule has 0 aliphatic heterocycles. The number of amides is 2. The highest BCUT2D eigenvalue weighted by atomic mass is 35.5. The average molecular weight is 297 g/mol. The summed E-state index contributed by atoms with van der Waals surface area (Å²) in [4.78, 5) is 14.3. The molecular weight excluding hydrogens is 272 g/mol. The second-order valence-corrected chi connectivity index (χ2v) is 5.44. The molecule has 2 amide bonds. The van der Waals surface area contributed by atoms with Crippen LogP contribution in [0.1, 0.15) is 45.1 Å². The molecule has 0 heterocycles. The Morgan fingerprint density at radius 2 is 1.80 bits per heavy atom. The van der Waals surface area contributed by atoms with Crippen molar-refractivity contribution in [2.45, 2.75) is 46.5 Å². The fourth-order valence-corrected chi connectivity index (χ4v) is 2.12. The Labute approximate surface area is 127 Å². The average Bonchev–Trinajstić information content (AvgIpc) is 2.44. The van der Waals surface area contributed by atoms with Gasteiger partial charge >= 0.3 is 6.03 Å². The number of benzene rings is 1. The maximum Gasteiger partial charge on any atom is 0.321 e. The third kappa shape index (κ3) is 5.04. The predicted octanol–water partition coefficient (Wildman–Crippen LogP) is 5.08. The zero-order valence-electron chi connectivity index (χ0n) is 12.7. The summed E-state index contributed by atoms with van der Waals surface area (Å²) >= 11 is 6.08. The van der Waals surface area contributed by atoms with Gasteiger partial charge in [0.05, 0.1) is 0 Å². The van der Waals surface area contributed by atoms with Crippen LogP contribution in [0.3, 0.4) is 0 Å². The number of carbonyl (C=O) groups is 1. The van der Waals surface area contributed by atoms with Crippen LogP contribution in [0.4, 0.5) is 10.5 Å². The predicted molar refractivity (Wildman–Crippen MR) is 86.6 cm³/mol. The van der Waals surface area contributed by atoms with E-state index >= 15 is 0 Å². The Hall–Kier alpha value is -1.22. The van der Waals surface area contributed by atoms with Gasteiger partial charge in [0.25, 0.3) is 0 Å². The lowest BCUT2D eigenvalue weighted by Gasteiger charge is -2.23. The number of carbonyl (C=O) groups excluding carboxylic acids is 1. The highest BCUT2D eigenvalue weighted by Crippen LogP contribution is 2.23. The highest BCUT2D eigenvalue weighted by molar-refractivity contribution is 6.31. The first-order valence-corrected chi connectivity index (χ1v) is 7.79. The summed E-state index contributed by atoms with van der Waals surface area (Å²) in [5.41, 5.74) is 1.70. The van der Waals surface area contributed by atoms with Gasteiger partial charge in [-0.2, -0.15) is 0 Å². The van der Waals surface area contributed by atoms with E-state index in [1.807, 2.05) is 30.0 Å². The number of hydrogen-bond acceptors (Lipinski definition) is 1. The van der Waals surface area contributed by atoms with Gasteiger partial charge in [0.2, 0.25) is 0 Å². The summed E-state index contributed by atoms with van der Waals surface area (Å²) in [6, 6.07) is 5.54. The number of nitrogens with zero attached hydrogens (tertiary/aromatic N) is 1. The largest absolute Gasteiger partial charge is 0.325 e. The van der Waals surface area contributed by atoms with Crippen molar-refractivity contribution < 1.29 is 4.79 Å². The van der Waals surface area contributed by atoms with Gasteiger partial charge in [-0.1, -0.05) is 44.4 Å². The lowest BCUT2D eigenvalue weighted by Crippen LogP contribution is -2.36. The number of urea groups is 1. The fraction of sp³-hybridized carbons (Fsp3) is 0.562. The van der Waals surface area contributed by atoms with Gasteiger partial charge < -0.3 is 10.2 Å². The van der Waals surface area contributed by atoms with Gasteiger partial charge in [0, 0.05) is 23.8 Å². The van der Waals surface area contributed by atoms with E-state index in [4.69, 9.17) is 11.6 Å². The smallest absolute Gasteiger partial charge is 0.321 e. The van der Waals surface area contributed by atoms with Crippen LogP contribution in [0.2, 0.25) is 5.02 Å². The summed E-state index contributed by atoms with van der Waals surface area (Å²) in [6.07, 6.45) is 4.25. The molecule has 1 aromatic carbocycles. The summed E-state index contributed by atoms with van der Waals surface area (Å²) in [5, 5.41) is 3.65. The van der Waals surface area contributed by atoms with E-state index in [9.17, 15) is 4.79 Å². The standard InChI is InChI=1S/C16H25ClN2O/c1-4-6-11-19(12-7-5-2)16(20)18-15-10-8-9-14(17)13(15)3/h8-10H,4-7,11-12H2,1-3H3,(H,18,20). The summed E-state index contributed by atoms with van der Waals surface area (Å²) in [7, 11) is 0.